The lowest BCUT2D eigenvalue weighted by Crippen LogP contribution is -2.52. The first-order valence-electron chi connectivity index (χ1n) is 11.6. The summed E-state index contributed by atoms with van der Waals surface area (Å²) >= 11 is 1.43. The average Bonchev–Trinajstić information content (AvgIpc) is 3.46. The van der Waals surface area contributed by atoms with Gasteiger partial charge in [0.1, 0.15) is 5.69 Å². The van der Waals surface area contributed by atoms with E-state index in [1.54, 1.807) is 11.8 Å². The number of rotatable bonds is 6. The first-order valence-corrected chi connectivity index (χ1v) is 12.5. The number of methoxy groups -OCH3 is 1. The van der Waals surface area contributed by atoms with Crippen molar-refractivity contribution in [2.24, 2.45) is 0 Å². The Hall–Kier alpha value is -2.76. The molecule has 2 aromatic heterocycles. The molecule has 5 rings (SSSR count). The van der Waals surface area contributed by atoms with Crippen LogP contribution in [0.3, 0.4) is 0 Å². The summed E-state index contributed by atoms with van der Waals surface area (Å²) in [7, 11) is 1.37. The number of aromatic nitrogens is 3. The van der Waals surface area contributed by atoms with Gasteiger partial charge in [0.15, 0.2) is 5.13 Å². The van der Waals surface area contributed by atoms with Gasteiger partial charge in [-0.25, -0.2) is 23.7 Å². The van der Waals surface area contributed by atoms with Gasteiger partial charge in [-0.1, -0.05) is 11.3 Å². The summed E-state index contributed by atoms with van der Waals surface area (Å²) in [5, 5.41) is 12.9. The SMILES string of the molecule is COc1ncc(C2CN([C@@H](C)C(=O)Nc3nc4cc5c(cc4s3)CCC5)CCC2(F)F)nc1CO. The number of halogens is 2. The van der Waals surface area contributed by atoms with Crippen molar-refractivity contribution < 1.29 is 23.4 Å². The molecule has 2 atom stereocenters. The predicted octanol–water partition coefficient (Wildman–Crippen LogP) is 3.53. The van der Waals surface area contributed by atoms with Crippen LogP contribution >= 0.6 is 11.3 Å². The molecule has 2 N–H and O–H groups in total. The van der Waals surface area contributed by atoms with Crippen LogP contribution in [-0.2, 0) is 24.2 Å². The van der Waals surface area contributed by atoms with E-state index in [4.69, 9.17) is 4.74 Å². The summed E-state index contributed by atoms with van der Waals surface area (Å²) < 4.78 is 35.8. The summed E-state index contributed by atoms with van der Waals surface area (Å²) in [4.78, 5) is 27.5. The molecular formula is C24H27F2N5O3S. The largest absolute Gasteiger partial charge is 0.480 e. The number of aliphatic hydroxyl groups excluding tert-OH is 1. The summed E-state index contributed by atoms with van der Waals surface area (Å²) in [6.07, 6.45) is 4.13. The maximum Gasteiger partial charge on any atom is 0.258 e. The van der Waals surface area contributed by atoms with Crippen molar-refractivity contribution in [3.05, 3.63) is 40.8 Å². The molecule has 1 fully saturated rings. The number of carbonyl (C=O) groups excluding carboxylic acids is 1. The molecule has 0 bridgehead atoms. The number of ether oxygens (including phenoxy) is 1. The van der Waals surface area contributed by atoms with Crippen LogP contribution < -0.4 is 10.1 Å². The van der Waals surface area contributed by atoms with Crippen LogP contribution in [0.5, 0.6) is 5.88 Å². The Balaban J connectivity index is 1.31. The van der Waals surface area contributed by atoms with Gasteiger partial charge in [0.05, 0.1) is 47.8 Å². The van der Waals surface area contributed by atoms with Crippen molar-refractivity contribution in [2.75, 3.05) is 25.5 Å². The Morgan fingerprint density at radius 1 is 1.34 bits per heavy atom. The maximum absolute atomic E-state index is 14.9. The van der Waals surface area contributed by atoms with E-state index in [0.29, 0.717) is 5.13 Å². The van der Waals surface area contributed by atoms with Crippen LogP contribution in [0.1, 0.15) is 48.2 Å². The lowest BCUT2D eigenvalue weighted by Gasteiger charge is -2.40. The van der Waals surface area contributed by atoms with E-state index in [1.165, 1.54) is 35.8 Å². The molecule has 1 aromatic carbocycles. The molecule has 1 aliphatic carbocycles. The standard InChI is InChI=1S/C24H27F2N5O3S/c1-13(21(33)30-23-29-17-8-14-4-3-5-15(14)9-20(17)35-23)31-7-6-24(25,26)16(11-31)18-10-27-22(34-2)19(12-32)28-18/h8-10,13,16,32H,3-7,11-12H2,1-2H3,(H,29,30,33)/t13-,16?/m0/s1. The summed E-state index contributed by atoms with van der Waals surface area (Å²) in [6, 6.07) is 3.61. The molecule has 35 heavy (non-hydrogen) atoms. The minimum atomic E-state index is -3.02. The van der Waals surface area contributed by atoms with Gasteiger partial charge in [-0.2, -0.15) is 0 Å². The molecule has 8 nitrogen and oxygen atoms in total. The van der Waals surface area contributed by atoms with Crippen molar-refractivity contribution in [3.63, 3.8) is 0 Å². The second kappa shape index (κ2) is 9.36. The van der Waals surface area contributed by atoms with E-state index in [0.717, 1.165) is 29.5 Å². The number of carbonyl (C=O) groups is 1. The van der Waals surface area contributed by atoms with Crippen LogP contribution in [-0.4, -0.2) is 63.0 Å². The predicted molar refractivity (Wildman–Crippen MR) is 128 cm³/mol. The molecule has 0 radical (unpaired) electrons. The molecule has 186 valence electrons. The minimum absolute atomic E-state index is 0.0661. The van der Waals surface area contributed by atoms with E-state index in [-0.39, 0.29) is 36.3 Å². The quantitative estimate of drug-likeness (QED) is 0.531. The number of hydrogen-bond donors (Lipinski definition) is 2. The number of fused-ring (bicyclic) bond motifs is 2. The van der Waals surface area contributed by atoms with Gasteiger partial charge in [0, 0.05) is 19.5 Å². The monoisotopic (exact) mass is 503 g/mol. The molecule has 11 heteroatoms. The number of nitrogens with one attached hydrogen (secondary N) is 1. The molecule has 1 saturated heterocycles. The number of likely N-dealkylation sites (tertiary alicyclic amines) is 1. The van der Waals surface area contributed by atoms with Crippen molar-refractivity contribution >= 4 is 32.6 Å². The Morgan fingerprint density at radius 3 is 2.86 bits per heavy atom. The van der Waals surface area contributed by atoms with Gasteiger partial charge in [-0.15, -0.1) is 0 Å². The fourth-order valence-electron chi connectivity index (χ4n) is 4.88. The molecule has 0 saturated carbocycles. The molecular weight excluding hydrogens is 476 g/mol. The smallest absolute Gasteiger partial charge is 0.258 e. The fourth-order valence-corrected chi connectivity index (χ4v) is 5.80. The lowest BCUT2D eigenvalue weighted by molar-refractivity contribution is -0.125. The minimum Gasteiger partial charge on any atom is -0.480 e. The zero-order chi connectivity index (χ0) is 24.7. The van der Waals surface area contributed by atoms with Gasteiger partial charge in [-0.3, -0.25) is 9.69 Å². The van der Waals surface area contributed by atoms with Crippen LogP contribution in [0.25, 0.3) is 10.2 Å². The highest BCUT2D eigenvalue weighted by Gasteiger charge is 2.47. The first kappa shape index (κ1) is 24.0. The van der Waals surface area contributed by atoms with Crippen LogP contribution in [0, 0.1) is 0 Å². The topological polar surface area (TPSA) is 100 Å². The molecule has 2 aliphatic rings. The second-order valence-corrected chi connectivity index (χ2v) is 10.1. The van der Waals surface area contributed by atoms with Crippen molar-refractivity contribution in [1.29, 1.82) is 0 Å². The van der Waals surface area contributed by atoms with Crippen molar-refractivity contribution in [3.8, 4) is 5.88 Å². The number of hydrogen-bond acceptors (Lipinski definition) is 8. The van der Waals surface area contributed by atoms with Gasteiger partial charge in [0.2, 0.25) is 11.8 Å². The molecule has 3 heterocycles. The van der Waals surface area contributed by atoms with E-state index < -0.39 is 30.9 Å². The second-order valence-electron chi connectivity index (χ2n) is 9.09. The van der Waals surface area contributed by atoms with Crippen LogP contribution in [0.4, 0.5) is 13.9 Å². The van der Waals surface area contributed by atoms with Crippen LogP contribution in [0.2, 0.25) is 0 Å². The third-order valence-electron chi connectivity index (χ3n) is 6.94. The zero-order valence-electron chi connectivity index (χ0n) is 19.6. The normalized spacial score (nSPS) is 20.5. The molecule has 1 aliphatic heterocycles. The number of alkyl halides is 2. The number of amides is 1. The number of piperidine rings is 1. The zero-order valence-corrected chi connectivity index (χ0v) is 20.4. The Morgan fingerprint density at radius 2 is 2.11 bits per heavy atom. The highest BCUT2D eigenvalue weighted by molar-refractivity contribution is 7.22. The highest BCUT2D eigenvalue weighted by atomic mass is 32.1. The Labute approximate surface area is 205 Å². The van der Waals surface area contributed by atoms with Gasteiger partial charge >= 0.3 is 0 Å². The highest BCUT2D eigenvalue weighted by Crippen LogP contribution is 2.40. The maximum atomic E-state index is 14.9. The van der Waals surface area contributed by atoms with Crippen molar-refractivity contribution in [2.45, 2.75) is 57.1 Å². The summed E-state index contributed by atoms with van der Waals surface area (Å²) in [5.74, 6) is -4.48. The average molecular weight is 504 g/mol. The molecule has 1 unspecified atom stereocenters. The van der Waals surface area contributed by atoms with E-state index in [1.807, 2.05) is 0 Å². The lowest BCUT2D eigenvalue weighted by atomic mass is 9.89. The van der Waals surface area contributed by atoms with Gasteiger partial charge in [-0.05, 0) is 49.4 Å². The van der Waals surface area contributed by atoms with E-state index in [2.05, 4.69) is 32.4 Å². The van der Waals surface area contributed by atoms with E-state index >= 15 is 0 Å². The van der Waals surface area contributed by atoms with Crippen LogP contribution in [0.15, 0.2) is 18.3 Å². The third-order valence-corrected chi connectivity index (χ3v) is 7.88. The number of thiazole rings is 1. The summed E-state index contributed by atoms with van der Waals surface area (Å²) in [6.45, 7) is 1.23. The van der Waals surface area contributed by atoms with Gasteiger partial charge < -0.3 is 15.2 Å². The number of anilines is 1. The number of aliphatic hydroxyl groups is 1. The number of nitrogens with zero attached hydrogens (tertiary/aromatic N) is 4. The van der Waals surface area contributed by atoms with Crippen molar-refractivity contribution in [1.82, 2.24) is 19.9 Å². The Bertz CT molecular complexity index is 1230. The Kier molecular flexibility index (Phi) is 6.41. The number of benzene rings is 1. The van der Waals surface area contributed by atoms with E-state index in [9.17, 15) is 18.7 Å². The molecule has 3 aromatic rings. The summed E-state index contributed by atoms with van der Waals surface area (Å²) in [5.41, 5.74) is 3.70. The van der Waals surface area contributed by atoms with Gasteiger partial charge in [0.25, 0.3) is 5.92 Å². The molecule has 0 spiro atoms. The number of aryl methyl sites for hydroxylation is 2. The fraction of sp³-hybridized carbons (Fsp3) is 0.500. The first-order chi connectivity index (χ1) is 16.8. The molecule has 1 amide bonds. The third kappa shape index (κ3) is 4.60.